The van der Waals surface area contributed by atoms with Crippen molar-refractivity contribution in [2.45, 2.75) is 19.4 Å². The Morgan fingerprint density at radius 2 is 1.90 bits per heavy atom. The van der Waals surface area contributed by atoms with E-state index < -0.39 is 17.9 Å². The van der Waals surface area contributed by atoms with Gasteiger partial charge in [-0.2, -0.15) is 0 Å². The number of benzene rings is 1. The molecule has 0 radical (unpaired) electrons. The summed E-state index contributed by atoms with van der Waals surface area (Å²) in [5.41, 5.74) is 1.96. The van der Waals surface area contributed by atoms with Crippen molar-refractivity contribution in [1.29, 1.82) is 0 Å². The number of carbonyl (C=O) groups excluding carboxylic acids is 1. The lowest BCUT2D eigenvalue weighted by Crippen LogP contribution is -2.39. The molecule has 1 aromatic carbocycles. The normalized spacial score (nSPS) is 12.2. The zero-order valence-electron chi connectivity index (χ0n) is 12.0. The van der Waals surface area contributed by atoms with Crippen LogP contribution in [0.5, 0.6) is 0 Å². The van der Waals surface area contributed by atoms with E-state index in [9.17, 15) is 9.59 Å². The molecule has 1 unspecified atom stereocenters. The molecule has 1 rings (SSSR count). The molecule has 5 nitrogen and oxygen atoms in total. The Kier molecular flexibility index (Phi) is 5.77. The molecule has 0 aliphatic carbocycles. The number of carboxylic acids is 1. The summed E-state index contributed by atoms with van der Waals surface area (Å²) in [6.45, 7) is 1.71. The van der Waals surface area contributed by atoms with E-state index in [1.54, 1.807) is 13.0 Å². The van der Waals surface area contributed by atoms with E-state index in [1.165, 1.54) is 6.08 Å². The molecule has 0 saturated heterocycles. The second kappa shape index (κ2) is 7.33. The van der Waals surface area contributed by atoms with Crippen LogP contribution >= 0.6 is 0 Å². The smallest absolute Gasteiger partial charge is 0.326 e. The molecule has 0 aliphatic heterocycles. The third-order valence-corrected chi connectivity index (χ3v) is 2.86. The predicted molar refractivity (Wildman–Crippen MR) is 79.7 cm³/mol. The van der Waals surface area contributed by atoms with E-state index >= 15 is 0 Å². The first kappa shape index (κ1) is 15.8. The van der Waals surface area contributed by atoms with Crippen molar-refractivity contribution >= 4 is 23.6 Å². The second-order valence-electron chi connectivity index (χ2n) is 4.63. The number of amides is 1. The van der Waals surface area contributed by atoms with E-state index in [2.05, 4.69) is 5.32 Å². The van der Waals surface area contributed by atoms with E-state index in [0.717, 1.165) is 11.3 Å². The fraction of sp³-hybridized carbons (Fsp3) is 0.333. The molecule has 5 heteroatoms. The van der Waals surface area contributed by atoms with Gasteiger partial charge in [0, 0.05) is 25.9 Å². The number of hydrogen-bond acceptors (Lipinski definition) is 3. The van der Waals surface area contributed by atoms with Gasteiger partial charge in [0.05, 0.1) is 0 Å². The molecule has 0 fully saturated rings. The molecule has 1 atom stereocenters. The zero-order valence-corrected chi connectivity index (χ0v) is 12.0. The standard InChI is InChI=1S/C15H20N2O3/c1-4-13(15(19)20)16-14(18)10-7-11-5-8-12(9-6-11)17(2)3/h5-10,13H,4H2,1-3H3,(H,16,18)(H,19,20)/b10-7+. The highest BCUT2D eigenvalue weighted by Gasteiger charge is 2.15. The lowest BCUT2D eigenvalue weighted by Gasteiger charge is -2.12. The maximum atomic E-state index is 11.6. The van der Waals surface area contributed by atoms with Crippen LogP contribution in [-0.2, 0) is 9.59 Å². The number of carboxylic acid groups (broad SMARTS) is 1. The number of hydrogen-bond donors (Lipinski definition) is 2. The van der Waals surface area contributed by atoms with Crippen LogP contribution in [0.4, 0.5) is 5.69 Å². The maximum absolute atomic E-state index is 11.6. The van der Waals surface area contributed by atoms with Gasteiger partial charge in [-0.3, -0.25) is 4.79 Å². The zero-order chi connectivity index (χ0) is 15.1. The van der Waals surface area contributed by atoms with Crippen LogP contribution in [0.15, 0.2) is 30.3 Å². The summed E-state index contributed by atoms with van der Waals surface area (Å²) in [6.07, 6.45) is 3.35. The minimum atomic E-state index is -1.02. The Labute approximate surface area is 118 Å². The topological polar surface area (TPSA) is 69.6 Å². The third-order valence-electron chi connectivity index (χ3n) is 2.86. The van der Waals surface area contributed by atoms with Crippen LogP contribution in [0.25, 0.3) is 6.08 Å². The van der Waals surface area contributed by atoms with E-state index in [1.807, 2.05) is 43.3 Å². The largest absolute Gasteiger partial charge is 0.480 e. The highest BCUT2D eigenvalue weighted by molar-refractivity contribution is 5.94. The quantitative estimate of drug-likeness (QED) is 0.777. The molecule has 2 N–H and O–H groups in total. The molecule has 1 aromatic rings. The molecule has 0 aliphatic rings. The first-order valence-electron chi connectivity index (χ1n) is 6.42. The highest BCUT2D eigenvalue weighted by Crippen LogP contribution is 2.13. The Bertz CT molecular complexity index is 492. The Morgan fingerprint density at radius 3 is 2.35 bits per heavy atom. The van der Waals surface area contributed by atoms with Gasteiger partial charge in [0.2, 0.25) is 5.91 Å². The fourth-order valence-electron chi connectivity index (χ4n) is 1.61. The minimum Gasteiger partial charge on any atom is -0.480 e. The number of nitrogens with one attached hydrogen (secondary N) is 1. The molecule has 0 heterocycles. The van der Waals surface area contributed by atoms with Gasteiger partial charge < -0.3 is 15.3 Å². The van der Waals surface area contributed by atoms with Crippen LogP contribution in [0, 0.1) is 0 Å². The van der Waals surface area contributed by atoms with Gasteiger partial charge in [0.25, 0.3) is 0 Å². The van der Waals surface area contributed by atoms with Crippen molar-refractivity contribution in [1.82, 2.24) is 5.32 Å². The summed E-state index contributed by atoms with van der Waals surface area (Å²) in [7, 11) is 3.91. The van der Waals surface area contributed by atoms with Crippen molar-refractivity contribution < 1.29 is 14.7 Å². The van der Waals surface area contributed by atoms with Crippen LogP contribution in [0.2, 0.25) is 0 Å². The molecule has 20 heavy (non-hydrogen) atoms. The summed E-state index contributed by atoms with van der Waals surface area (Å²) >= 11 is 0. The first-order valence-corrected chi connectivity index (χ1v) is 6.42. The van der Waals surface area contributed by atoms with Gasteiger partial charge in [-0.1, -0.05) is 19.1 Å². The van der Waals surface area contributed by atoms with E-state index in [-0.39, 0.29) is 0 Å². The average Bonchev–Trinajstić information content (AvgIpc) is 2.42. The Balaban J connectivity index is 2.63. The van der Waals surface area contributed by atoms with Gasteiger partial charge in [-0.05, 0) is 30.2 Å². The third kappa shape index (κ3) is 4.76. The van der Waals surface area contributed by atoms with Crippen molar-refractivity contribution in [2.75, 3.05) is 19.0 Å². The van der Waals surface area contributed by atoms with Crippen molar-refractivity contribution in [3.8, 4) is 0 Å². The van der Waals surface area contributed by atoms with Crippen molar-refractivity contribution in [2.24, 2.45) is 0 Å². The number of rotatable bonds is 6. The molecule has 108 valence electrons. The number of carbonyl (C=O) groups is 2. The summed E-state index contributed by atoms with van der Waals surface area (Å²) < 4.78 is 0. The summed E-state index contributed by atoms with van der Waals surface area (Å²) in [5, 5.41) is 11.3. The van der Waals surface area contributed by atoms with Crippen molar-refractivity contribution in [3.63, 3.8) is 0 Å². The molecular weight excluding hydrogens is 256 g/mol. The van der Waals surface area contributed by atoms with Gasteiger partial charge in [0.15, 0.2) is 0 Å². The van der Waals surface area contributed by atoms with Crippen LogP contribution in [0.3, 0.4) is 0 Å². The lowest BCUT2D eigenvalue weighted by molar-refractivity contribution is -0.141. The number of aliphatic carboxylic acids is 1. The average molecular weight is 276 g/mol. The highest BCUT2D eigenvalue weighted by atomic mass is 16.4. The fourth-order valence-corrected chi connectivity index (χ4v) is 1.61. The maximum Gasteiger partial charge on any atom is 0.326 e. The molecule has 1 amide bonds. The molecule has 0 aromatic heterocycles. The first-order chi connectivity index (χ1) is 9.43. The molecule has 0 saturated carbocycles. The molecule has 0 spiro atoms. The summed E-state index contributed by atoms with van der Waals surface area (Å²) in [5.74, 6) is -1.43. The van der Waals surface area contributed by atoms with Crippen LogP contribution in [-0.4, -0.2) is 37.1 Å². The minimum absolute atomic E-state index is 0.354. The number of anilines is 1. The van der Waals surface area contributed by atoms with Crippen LogP contribution in [0.1, 0.15) is 18.9 Å². The van der Waals surface area contributed by atoms with Gasteiger partial charge in [-0.25, -0.2) is 4.79 Å². The second-order valence-corrected chi connectivity index (χ2v) is 4.63. The van der Waals surface area contributed by atoms with Crippen molar-refractivity contribution in [3.05, 3.63) is 35.9 Å². The van der Waals surface area contributed by atoms with E-state index in [4.69, 9.17) is 5.11 Å². The predicted octanol–water partition coefficient (Wildman–Crippen LogP) is 1.75. The van der Waals surface area contributed by atoms with Gasteiger partial charge >= 0.3 is 5.97 Å². The van der Waals surface area contributed by atoms with Crippen LogP contribution < -0.4 is 10.2 Å². The molecule has 0 bridgehead atoms. The Morgan fingerprint density at radius 1 is 1.30 bits per heavy atom. The molecular formula is C15H20N2O3. The Hall–Kier alpha value is -2.30. The van der Waals surface area contributed by atoms with Gasteiger partial charge in [0.1, 0.15) is 6.04 Å². The van der Waals surface area contributed by atoms with Gasteiger partial charge in [-0.15, -0.1) is 0 Å². The summed E-state index contributed by atoms with van der Waals surface area (Å²) in [6, 6.07) is 6.84. The SMILES string of the molecule is CCC(NC(=O)/C=C/c1ccc(N(C)C)cc1)C(=O)O. The lowest BCUT2D eigenvalue weighted by atomic mass is 10.2. The van der Waals surface area contributed by atoms with E-state index in [0.29, 0.717) is 6.42 Å². The summed E-state index contributed by atoms with van der Waals surface area (Å²) in [4.78, 5) is 24.4. The monoisotopic (exact) mass is 276 g/mol. The number of nitrogens with zero attached hydrogens (tertiary/aromatic N) is 1.